The molecule has 1 aromatic rings. The molecule has 1 aliphatic carbocycles. The summed E-state index contributed by atoms with van der Waals surface area (Å²) < 4.78 is 0. The maximum atomic E-state index is 4.98. The Morgan fingerprint density at radius 1 is 1.20 bits per heavy atom. The van der Waals surface area contributed by atoms with Crippen LogP contribution in [0.15, 0.2) is 35.3 Å². The average Bonchev–Trinajstić information content (AvgIpc) is 2.90. The van der Waals surface area contributed by atoms with Crippen LogP contribution in [0, 0.1) is 5.92 Å². The number of aliphatic imine (C=N–C) groups is 1. The minimum atomic E-state index is 0.542. The van der Waals surface area contributed by atoms with Gasteiger partial charge in [-0.1, -0.05) is 61.9 Å². The number of benzene rings is 1. The Kier molecular flexibility index (Phi) is 4.66. The number of rotatable bonds is 3. The van der Waals surface area contributed by atoms with Crippen LogP contribution in [0.4, 0.5) is 0 Å². The van der Waals surface area contributed by atoms with E-state index in [1.807, 2.05) is 11.8 Å². The van der Waals surface area contributed by atoms with E-state index in [9.17, 15) is 0 Å². The third-order valence-corrected chi connectivity index (χ3v) is 5.49. The van der Waals surface area contributed by atoms with Crippen molar-refractivity contribution in [2.75, 3.05) is 5.75 Å². The first-order valence-corrected chi connectivity index (χ1v) is 8.81. The zero-order valence-corrected chi connectivity index (χ0v) is 13.0. The molecule has 0 radical (unpaired) electrons. The zero-order valence-electron chi connectivity index (χ0n) is 12.2. The van der Waals surface area contributed by atoms with Crippen molar-refractivity contribution in [1.29, 1.82) is 0 Å². The molecule has 2 nitrogen and oxygen atoms in total. The van der Waals surface area contributed by atoms with Crippen molar-refractivity contribution in [3.8, 4) is 0 Å². The van der Waals surface area contributed by atoms with Crippen LogP contribution < -0.4 is 5.32 Å². The van der Waals surface area contributed by atoms with Crippen LogP contribution in [0.5, 0.6) is 0 Å². The van der Waals surface area contributed by atoms with E-state index in [0.717, 1.165) is 18.1 Å². The molecule has 1 aromatic carbocycles. The fraction of sp³-hybridized carbons (Fsp3) is 0.588. The second-order valence-electron chi connectivity index (χ2n) is 6.11. The molecule has 1 saturated carbocycles. The van der Waals surface area contributed by atoms with Crippen LogP contribution in [-0.4, -0.2) is 23.0 Å². The summed E-state index contributed by atoms with van der Waals surface area (Å²) in [5.74, 6) is 1.90. The lowest BCUT2D eigenvalue weighted by Crippen LogP contribution is -2.31. The van der Waals surface area contributed by atoms with E-state index in [4.69, 9.17) is 4.99 Å². The first-order chi connectivity index (χ1) is 9.81. The Labute approximate surface area is 126 Å². The van der Waals surface area contributed by atoms with Crippen LogP contribution in [0.25, 0.3) is 0 Å². The SMILES string of the molecule is CC1CCCCC1N=C1NC(Cc2ccccc2)CS1. The largest absolute Gasteiger partial charge is 0.361 e. The van der Waals surface area contributed by atoms with Crippen molar-refractivity contribution in [2.45, 2.75) is 51.1 Å². The Morgan fingerprint density at radius 3 is 2.80 bits per heavy atom. The fourth-order valence-electron chi connectivity index (χ4n) is 3.16. The highest BCUT2D eigenvalue weighted by atomic mass is 32.2. The molecule has 3 rings (SSSR count). The van der Waals surface area contributed by atoms with E-state index < -0.39 is 0 Å². The van der Waals surface area contributed by atoms with E-state index in [1.54, 1.807) is 0 Å². The van der Waals surface area contributed by atoms with Gasteiger partial charge in [0, 0.05) is 11.8 Å². The molecule has 1 heterocycles. The number of thioether (sulfide) groups is 1. The highest BCUT2D eigenvalue weighted by molar-refractivity contribution is 8.14. The normalized spacial score (nSPS) is 32.2. The van der Waals surface area contributed by atoms with Crippen molar-refractivity contribution >= 4 is 16.9 Å². The van der Waals surface area contributed by atoms with Gasteiger partial charge in [-0.05, 0) is 30.7 Å². The van der Waals surface area contributed by atoms with Gasteiger partial charge < -0.3 is 5.32 Å². The van der Waals surface area contributed by atoms with Gasteiger partial charge in [0.05, 0.1) is 6.04 Å². The van der Waals surface area contributed by atoms with Crippen molar-refractivity contribution < 1.29 is 0 Å². The van der Waals surface area contributed by atoms with Crippen LogP contribution in [0.2, 0.25) is 0 Å². The molecular weight excluding hydrogens is 264 g/mol. The van der Waals surface area contributed by atoms with Gasteiger partial charge in [-0.2, -0.15) is 0 Å². The van der Waals surface area contributed by atoms with E-state index >= 15 is 0 Å². The maximum Gasteiger partial charge on any atom is 0.157 e. The second kappa shape index (κ2) is 6.66. The molecule has 3 atom stereocenters. The molecular formula is C17H24N2S. The van der Waals surface area contributed by atoms with E-state index in [-0.39, 0.29) is 0 Å². The van der Waals surface area contributed by atoms with Crippen LogP contribution in [-0.2, 0) is 6.42 Å². The molecule has 20 heavy (non-hydrogen) atoms. The third kappa shape index (κ3) is 3.57. The molecule has 1 N–H and O–H groups in total. The summed E-state index contributed by atoms with van der Waals surface area (Å²) in [5.41, 5.74) is 1.41. The van der Waals surface area contributed by atoms with Gasteiger partial charge in [0.15, 0.2) is 5.17 Å². The summed E-state index contributed by atoms with van der Waals surface area (Å²) in [6, 6.07) is 11.8. The van der Waals surface area contributed by atoms with Crippen molar-refractivity contribution in [2.24, 2.45) is 10.9 Å². The Hall–Kier alpha value is -0.960. The smallest absolute Gasteiger partial charge is 0.157 e. The van der Waals surface area contributed by atoms with Crippen molar-refractivity contribution in [1.82, 2.24) is 5.32 Å². The second-order valence-corrected chi connectivity index (χ2v) is 7.11. The monoisotopic (exact) mass is 288 g/mol. The summed E-state index contributed by atoms with van der Waals surface area (Å²) >= 11 is 1.90. The highest BCUT2D eigenvalue weighted by Crippen LogP contribution is 2.28. The summed E-state index contributed by atoms with van der Waals surface area (Å²) in [4.78, 5) is 4.98. The van der Waals surface area contributed by atoms with Gasteiger partial charge in [0.25, 0.3) is 0 Å². The Balaban J connectivity index is 1.56. The van der Waals surface area contributed by atoms with Crippen LogP contribution >= 0.6 is 11.8 Å². The minimum Gasteiger partial charge on any atom is -0.361 e. The predicted octanol–water partition coefficient (Wildman–Crippen LogP) is 3.87. The molecule has 0 amide bonds. The lowest BCUT2D eigenvalue weighted by molar-refractivity contribution is 0.333. The number of nitrogens with zero attached hydrogens (tertiary/aromatic N) is 1. The number of amidine groups is 1. The summed E-state index contributed by atoms with van der Waals surface area (Å²) in [6.07, 6.45) is 6.46. The van der Waals surface area contributed by atoms with Gasteiger partial charge in [0.2, 0.25) is 0 Å². The fourth-order valence-corrected chi connectivity index (χ4v) is 4.18. The summed E-state index contributed by atoms with van der Waals surface area (Å²) in [6.45, 7) is 2.36. The van der Waals surface area contributed by atoms with Gasteiger partial charge in [0.1, 0.15) is 0 Å². The van der Waals surface area contributed by atoms with E-state index in [0.29, 0.717) is 12.1 Å². The van der Waals surface area contributed by atoms with Gasteiger partial charge in [-0.15, -0.1) is 0 Å². The highest BCUT2D eigenvalue weighted by Gasteiger charge is 2.25. The summed E-state index contributed by atoms with van der Waals surface area (Å²) in [5, 5.41) is 4.81. The van der Waals surface area contributed by atoms with Gasteiger partial charge >= 0.3 is 0 Å². The quantitative estimate of drug-likeness (QED) is 0.913. The van der Waals surface area contributed by atoms with Crippen molar-refractivity contribution in [3.05, 3.63) is 35.9 Å². The molecule has 3 heteroatoms. The van der Waals surface area contributed by atoms with Crippen LogP contribution in [0.3, 0.4) is 0 Å². The minimum absolute atomic E-state index is 0.542. The number of nitrogens with one attached hydrogen (secondary N) is 1. The molecule has 0 aromatic heterocycles. The number of hydrogen-bond donors (Lipinski definition) is 1. The lowest BCUT2D eigenvalue weighted by Gasteiger charge is -2.25. The lowest BCUT2D eigenvalue weighted by atomic mass is 9.86. The molecule has 0 spiro atoms. The average molecular weight is 288 g/mol. The van der Waals surface area contributed by atoms with Gasteiger partial charge in [-0.3, -0.25) is 4.99 Å². The Morgan fingerprint density at radius 2 is 2.00 bits per heavy atom. The third-order valence-electron chi connectivity index (χ3n) is 4.42. The predicted molar refractivity (Wildman–Crippen MR) is 88.4 cm³/mol. The topological polar surface area (TPSA) is 24.4 Å². The molecule has 108 valence electrons. The van der Waals surface area contributed by atoms with Gasteiger partial charge in [-0.25, -0.2) is 0 Å². The molecule has 3 unspecified atom stereocenters. The van der Waals surface area contributed by atoms with E-state index in [2.05, 4.69) is 42.6 Å². The molecule has 2 fully saturated rings. The first kappa shape index (κ1) is 14.0. The molecule has 0 bridgehead atoms. The molecule has 1 saturated heterocycles. The van der Waals surface area contributed by atoms with E-state index in [1.165, 1.54) is 36.4 Å². The summed E-state index contributed by atoms with van der Waals surface area (Å²) in [7, 11) is 0. The Bertz CT molecular complexity index is 457. The first-order valence-electron chi connectivity index (χ1n) is 7.82. The number of hydrogen-bond acceptors (Lipinski definition) is 2. The molecule has 1 aliphatic heterocycles. The maximum absolute atomic E-state index is 4.98. The van der Waals surface area contributed by atoms with Crippen LogP contribution in [0.1, 0.15) is 38.2 Å². The molecule has 2 aliphatic rings. The van der Waals surface area contributed by atoms with Crippen molar-refractivity contribution in [3.63, 3.8) is 0 Å². The zero-order chi connectivity index (χ0) is 13.8. The standard InChI is InChI=1S/C17H24N2S/c1-13-7-5-6-10-16(13)19-17-18-15(12-20-17)11-14-8-3-2-4-9-14/h2-4,8-9,13,15-16H,5-7,10-12H2,1H3,(H,18,19).